The highest BCUT2D eigenvalue weighted by Gasteiger charge is 2.27. The van der Waals surface area contributed by atoms with Crippen molar-refractivity contribution in [1.82, 2.24) is 24.3 Å². The molecule has 3 aliphatic heterocycles. The number of aromatic nitrogens is 2. The van der Waals surface area contributed by atoms with E-state index in [0.717, 1.165) is 89.4 Å². The summed E-state index contributed by atoms with van der Waals surface area (Å²) in [6.07, 6.45) is 6.09. The first-order valence-electron chi connectivity index (χ1n) is 10.9. The highest BCUT2D eigenvalue weighted by atomic mass is 16.2. The number of piperazine rings is 1. The zero-order valence-electron chi connectivity index (χ0n) is 17.1. The normalized spacial score (nSPS) is 22.7. The number of likely N-dealkylation sites (tertiary alicyclic amines) is 1. The van der Waals surface area contributed by atoms with Crippen molar-refractivity contribution >= 4 is 5.91 Å². The van der Waals surface area contributed by atoms with E-state index in [9.17, 15) is 9.59 Å². The second kappa shape index (κ2) is 8.74. The number of piperidine rings is 1. The Hall–Kier alpha value is -1.73. The van der Waals surface area contributed by atoms with Gasteiger partial charge in [-0.1, -0.05) is 6.42 Å². The third-order valence-corrected chi connectivity index (χ3v) is 6.61. The molecule has 1 aromatic rings. The molecule has 2 saturated heterocycles. The number of hydrogen-bond acceptors (Lipinski definition) is 5. The minimum atomic E-state index is 0.107. The molecule has 3 aliphatic rings. The Morgan fingerprint density at radius 2 is 1.79 bits per heavy atom. The Morgan fingerprint density at radius 1 is 1.04 bits per heavy atom. The van der Waals surface area contributed by atoms with Crippen molar-refractivity contribution in [3.63, 3.8) is 0 Å². The Labute approximate surface area is 167 Å². The van der Waals surface area contributed by atoms with Crippen LogP contribution in [0, 0.1) is 0 Å². The van der Waals surface area contributed by atoms with Gasteiger partial charge in [0.05, 0.1) is 12.2 Å². The van der Waals surface area contributed by atoms with Crippen molar-refractivity contribution in [2.75, 3.05) is 52.9 Å². The maximum Gasteiger partial charge on any atom is 0.253 e. The zero-order valence-corrected chi connectivity index (χ0v) is 17.1. The minimum absolute atomic E-state index is 0.107. The summed E-state index contributed by atoms with van der Waals surface area (Å²) in [5.74, 6) is 1.51. The van der Waals surface area contributed by atoms with Crippen LogP contribution in [0.2, 0.25) is 0 Å². The van der Waals surface area contributed by atoms with E-state index in [1.165, 1.54) is 6.42 Å². The Kier molecular flexibility index (Phi) is 6.11. The molecule has 7 heteroatoms. The van der Waals surface area contributed by atoms with Gasteiger partial charge in [-0.15, -0.1) is 0 Å². The van der Waals surface area contributed by atoms with Crippen LogP contribution in [0.5, 0.6) is 0 Å². The molecule has 0 saturated carbocycles. The largest absolute Gasteiger partial charge is 0.342 e. The van der Waals surface area contributed by atoms with Gasteiger partial charge in [-0.3, -0.25) is 19.1 Å². The van der Waals surface area contributed by atoms with E-state index in [1.807, 2.05) is 9.47 Å². The van der Waals surface area contributed by atoms with Gasteiger partial charge in [0.25, 0.3) is 5.56 Å². The number of aryl methyl sites for hydroxylation is 1. The highest BCUT2D eigenvalue weighted by Crippen LogP contribution is 2.27. The van der Waals surface area contributed by atoms with Crippen molar-refractivity contribution in [3.05, 3.63) is 27.9 Å². The number of carbonyl (C=O) groups is 1. The Morgan fingerprint density at radius 3 is 2.54 bits per heavy atom. The number of carbonyl (C=O) groups excluding carboxylic acids is 1. The summed E-state index contributed by atoms with van der Waals surface area (Å²) in [6, 6.07) is 1.75. The summed E-state index contributed by atoms with van der Waals surface area (Å²) in [7, 11) is 2.13. The molecular formula is C21H33N5O2. The van der Waals surface area contributed by atoms with Gasteiger partial charge < -0.3 is 9.80 Å². The average molecular weight is 388 g/mol. The van der Waals surface area contributed by atoms with Gasteiger partial charge in [0, 0.05) is 64.2 Å². The molecule has 0 atom stereocenters. The Balaban J connectivity index is 1.34. The summed E-state index contributed by atoms with van der Waals surface area (Å²) in [5.41, 5.74) is 1.06. The summed E-state index contributed by atoms with van der Waals surface area (Å²) in [4.78, 5) is 36.7. The van der Waals surface area contributed by atoms with Crippen LogP contribution in [-0.2, 0) is 17.8 Å². The minimum Gasteiger partial charge on any atom is -0.342 e. The summed E-state index contributed by atoms with van der Waals surface area (Å²) < 4.78 is 1.87. The van der Waals surface area contributed by atoms with Gasteiger partial charge in [-0.25, -0.2) is 4.98 Å². The zero-order chi connectivity index (χ0) is 19.5. The number of likely N-dealkylation sites (N-methyl/N-ethyl adjacent to an activating group) is 1. The fraction of sp³-hybridized carbons (Fsp3) is 0.762. The van der Waals surface area contributed by atoms with Crippen molar-refractivity contribution in [2.24, 2.45) is 0 Å². The quantitative estimate of drug-likeness (QED) is 0.772. The van der Waals surface area contributed by atoms with E-state index in [1.54, 1.807) is 6.07 Å². The monoisotopic (exact) mass is 387 g/mol. The van der Waals surface area contributed by atoms with E-state index >= 15 is 0 Å². The first kappa shape index (κ1) is 19.6. The van der Waals surface area contributed by atoms with Gasteiger partial charge >= 0.3 is 0 Å². The second-order valence-electron chi connectivity index (χ2n) is 8.63. The van der Waals surface area contributed by atoms with Crippen molar-refractivity contribution < 1.29 is 4.79 Å². The molecule has 4 rings (SSSR count). The fourth-order valence-electron chi connectivity index (χ4n) is 4.66. The van der Waals surface area contributed by atoms with Crippen molar-refractivity contribution in [3.8, 4) is 0 Å². The van der Waals surface area contributed by atoms with Crippen LogP contribution >= 0.6 is 0 Å². The molecule has 28 heavy (non-hydrogen) atoms. The fourth-order valence-corrected chi connectivity index (χ4v) is 4.66. The van der Waals surface area contributed by atoms with Crippen LogP contribution in [0.4, 0.5) is 0 Å². The van der Waals surface area contributed by atoms with Gasteiger partial charge in [0.15, 0.2) is 0 Å². The van der Waals surface area contributed by atoms with Crippen LogP contribution in [0.1, 0.15) is 49.5 Å². The maximum absolute atomic E-state index is 12.7. The number of amides is 1. The molecule has 1 amide bonds. The molecule has 1 aromatic heterocycles. The molecule has 0 aromatic carbocycles. The van der Waals surface area contributed by atoms with Crippen LogP contribution in [0.3, 0.4) is 0 Å². The van der Waals surface area contributed by atoms with Gasteiger partial charge in [-0.2, -0.15) is 0 Å². The Bertz CT molecular complexity index is 746. The highest BCUT2D eigenvalue weighted by molar-refractivity contribution is 5.78. The number of hydrogen-bond donors (Lipinski definition) is 0. The van der Waals surface area contributed by atoms with E-state index < -0.39 is 0 Å². The third-order valence-electron chi connectivity index (χ3n) is 6.61. The standard InChI is InChI=1S/C21H33N5O2/c1-23-11-13-24(14-12-23)16-21(28)25-9-6-17(7-10-25)18-15-20(27)26-8-4-2-3-5-19(26)22-18/h15,17H,2-14,16H2,1H3. The average Bonchev–Trinajstić information content (AvgIpc) is 2.96. The lowest BCUT2D eigenvalue weighted by Gasteiger charge is -2.36. The second-order valence-corrected chi connectivity index (χ2v) is 8.63. The summed E-state index contributed by atoms with van der Waals surface area (Å²) in [6.45, 7) is 6.92. The molecule has 4 heterocycles. The van der Waals surface area contributed by atoms with Crippen LogP contribution in [-0.4, -0.2) is 83.0 Å². The number of rotatable bonds is 3. The van der Waals surface area contributed by atoms with Crippen LogP contribution in [0.25, 0.3) is 0 Å². The third kappa shape index (κ3) is 4.46. The van der Waals surface area contributed by atoms with E-state index in [0.29, 0.717) is 12.5 Å². The smallest absolute Gasteiger partial charge is 0.253 e. The molecule has 0 spiro atoms. The number of fused-ring (bicyclic) bond motifs is 1. The predicted molar refractivity (Wildman–Crippen MR) is 109 cm³/mol. The molecule has 154 valence electrons. The van der Waals surface area contributed by atoms with Crippen molar-refractivity contribution in [1.29, 1.82) is 0 Å². The van der Waals surface area contributed by atoms with E-state index in [2.05, 4.69) is 16.8 Å². The number of nitrogens with zero attached hydrogens (tertiary/aromatic N) is 5. The predicted octanol–water partition coefficient (Wildman–Crippen LogP) is 0.923. The van der Waals surface area contributed by atoms with E-state index in [4.69, 9.17) is 4.98 Å². The maximum atomic E-state index is 12.7. The molecule has 0 aliphatic carbocycles. The van der Waals surface area contributed by atoms with Crippen molar-refractivity contribution in [2.45, 2.75) is 51.0 Å². The topological polar surface area (TPSA) is 61.7 Å². The molecule has 0 radical (unpaired) electrons. The first-order valence-corrected chi connectivity index (χ1v) is 10.9. The summed E-state index contributed by atoms with van der Waals surface area (Å²) in [5, 5.41) is 0. The first-order chi connectivity index (χ1) is 13.6. The summed E-state index contributed by atoms with van der Waals surface area (Å²) >= 11 is 0. The molecular weight excluding hydrogens is 354 g/mol. The van der Waals surface area contributed by atoms with Gasteiger partial charge in [0.2, 0.25) is 5.91 Å². The molecule has 2 fully saturated rings. The van der Waals surface area contributed by atoms with Gasteiger partial charge in [-0.05, 0) is 32.7 Å². The molecule has 0 N–H and O–H groups in total. The van der Waals surface area contributed by atoms with Crippen LogP contribution < -0.4 is 5.56 Å². The molecule has 0 unspecified atom stereocenters. The molecule has 0 bridgehead atoms. The molecule has 7 nitrogen and oxygen atoms in total. The SMILES string of the molecule is CN1CCN(CC(=O)N2CCC(c3cc(=O)n4c(n3)CCCCC4)CC2)CC1. The lowest BCUT2D eigenvalue weighted by molar-refractivity contribution is -0.133. The van der Waals surface area contributed by atoms with Crippen LogP contribution in [0.15, 0.2) is 10.9 Å². The van der Waals surface area contributed by atoms with Gasteiger partial charge in [0.1, 0.15) is 5.82 Å². The lowest BCUT2D eigenvalue weighted by Crippen LogP contribution is -2.50. The van der Waals surface area contributed by atoms with E-state index in [-0.39, 0.29) is 11.5 Å². The lowest BCUT2D eigenvalue weighted by atomic mass is 9.93.